The molecule has 0 saturated carbocycles. The molecule has 0 spiro atoms. The Morgan fingerprint density at radius 2 is 1.40 bits per heavy atom. The number of hydrogen-bond donors (Lipinski definition) is 1. The van der Waals surface area contributed by atoms with Crippen LogP contribution in [0.5, 0.6) is 5.75 Å². The summed E-state index contributed by atoms with van der Waals surface area (Å²) >= 11 is 7.20. The van der Waals surface area contributed by atoms with Crippen LogP contribution in [0.25, 0.3) is 0 Å². The number of aromatic hydroxyl groups is 1. The van der Waals surface area contributed by atoms with Gasteiger partial charge in [-0.05, 0) is 0 Å². The second-order valence-electron chi connectivity index (χ2n) is 1.83. The van der Waals surface area contributed by atoms with Gasteiger partial charge in [0.05, 0.1) is 0 Å². The van der Waals surface area contributed by atoms with E-state index in [0.29, 0.717) is 5.75 Å². The molecule has 0 saturated heterocycles. The van der Waals surface area contributed by atoms with Gasteiger partial charge in [0.15, 0.2) is 0 Å². The zero-order chi connectivity index (χ0) is 7.72. The molecule has 0 aliphatic heterocycles. The molecular weight excluding hydrogens is 313 g/mol. The van der Waals surface area contributed by atoms with E-state index in [1.165, 1.54) is 0 Å². The van der Waals surface area contributed by atoms with Crippen molar-refractivity contribution in [3.05, 3.63) is 12.1 Å². The monoisotopic (exact) mass is 316 g/mol. The Hall–Kier alpha value is 0.695. The SMILES string of the molecule is Oc1cc([As])c([As])cc1[As]. The van der Waals surface area contributed by atoms with Crippen LogP contribution in [0.15, 0.2) is 12.1 Å². The summed E-state index contributed by atoms with van der Waals surface area (Å²) in [5, 5.41) is 9.19. The van der Waals surface area contributed by atoms with Crippen LogP contribution in [0, 0.1) is 0 Å². The number of phenolic OH excluding ortho intramolecular Hbond substituents is 1. The first-order valence-electron chi connectivity index (χ1n) is 2.55. The minimum atomic E-state index is 0.338. The number of phenols is 1. The van der Waals surface area contributed by atoms with Crippen molar-refractivity contribution in [1.29, 1.82) is 0 Å². The standard InChI is InChI=1S/C6H3As3O/c7-3-1-5(9)6(10)2-4(3)8/h1-2,10H. The average Bonchev–Trinajstić information content (AvgIpc) is 1.84. The number of rotatable bonds is 0. The van der Waals surface area contributed by atoms with Crippen molar-refractivity contribution in [3.63, 3.8) is 0 Å². The molecule has 1 aromatic rings. The summed E-state index contributed by atoms with van der Waals surface area (Å²) in [4.78, 5) is 0. The van der Waals surface area contributed by atoms with Gasteiger partial charge in [-0.2, -0.15) is 0 Å². The maximum atomic E-state index is 9.19. The molecule has 0 heterocycles. The van der Waals surface area contributed by atoms with Crippen molar-refractivity contribution in [2.24, 2.45) is 0 Å². The van der Waals surface area contributed by atoms with Gasteiger partial charge >= 0.3 is 86.6 Å². The molecule has 10 heavy (non-hydrogen) atoms. The average molecular weight is 316 g/mol. The van der Waals surface area contributed by atoms with Gasteiger partial charge in [-0.3, -0.25) is 0 Å². The Morgan fingerprint density at radius 1 is 0.900 bits per heavy atom. The molecule has 0 unspecified atom stereocenters. The van der Waals surface area contributed by atoms with Gasteiger partial charge in [-0.25, -0.2) is 0 Å². The summed E-state index contributed by atoms with van der Waals surface area (Å²) in [5.74, 6) is 0.338. The van der Waals surface area contributed by atoms with Gasteiger partial charge in [-0.15, -0.1) is 0 Å². The van der Waals surface area contributed by atoms with Crippen molar-refractivity contribution in [3.8, 4) is 5.75 Å². The van der Waals surface area contributed by atoms with Gasteiger partial charge in [0.25, 0.3) is 0 Å². The quantitative estimate of drug-likeness (QED) is 0.538. The van der Waals surface area contributed by atoms with E-state index in [-0.39, 0.29) is 0 Å². The van der Waals surface area contributed by atoms with Crippen LogP contribution in [0.2, 0.25) is 0 Å². The summed E-state index contributed by atoms with van der Waals surface area (Å²) in [6.45, 7) is 0. The van der Waals surface area contributed by atoms with Gasteiger partial charge in [0, 0.05) is 0 Å². The van der Waals surface area contributed by atoms with Crippen LogP contribution in [-0.2, 0) is 0 Å². The molecule has 0 aliphatic carbocycles. The number of hydrogen-bond acceptors (Lipinski definition) is 1. The van der Waals surface area contributed by atoms with Crippen LogP contribution >= 0.6 is 0 Å². The molecule has 0 amide bonds. The van der Waals surface area contributed by atoms with Gasteiger partial charge < -0.3 is 0 Å². The minimum absolute atomic E-state index is 0.338. The van der Waals surface area contributed by atoms with E-state index in [2.05, 4.69) is 50.6 Å². The zero-order valence-corrected chi connectivity index (χ0v) is 10.6. The third-order valence-electron chi connectivity index (χ3n) is 1.07. The molecule has 1 aromatic carbocycles. The summed E-state index contributed by atoms with van der Waals surface area (Å²) in [7, 11) is 0. The van der Waals surface area contributed by atoms with E-state index in [0.717, 1.165) is 13.1 Å². The van der Waals surface area contributed by atoms with E-state index >= 15 is 0 Å². The third-order valence-corrected chi connectivity index (χ3v) is 4.21. The molecule has 0 aromatic heterocycles. The molecular formula is C6H3As3O. The first kappa shape index (κ1) is 8.79. The molecule has 4 heteroatoms. The second-order valence-corrected chi connectivity index (χ2v) is 4.86. The van der Waals surface area contributed by atoms with Crippen LogP contribution in [0.3, 0.4) is 0 Å². The van der Waals surface area contributed by atoms with E-state index < -0.39 is 0 Å². The van der Waals surface area contributed by atoms with Crippen LogP contribution < -0.4 is 13.1 Å². The third kappa shape index (κ3) is 1.85. The molecule has 6 radical (unpaired) electrons. The molecule has 0 aliphatic rings. The van der Waals surface area contributed by atoms with Crippen molar-refractivity contribution in [2.45, 2.75) is 0 Å². The molecule has 0 atom stereocenters. The van der Waals surface area contributed by atoms with E-state index in [1.54, 1.807) is 6.07 Å². The Kier molecular flexibility index (Phi) is 2.98. The van der Waals surface area contributed by atoms with Crippen molar-refractivity contribution in [1.82, 2.24) is 0 Å². The zero-order valence-electron chi connectivity index (χ0n) is 4.94. The second kappa shape index (κ2) is 3.39. The van der Waals surface area contributed by atoms with E-state index in [4.69, 9.17) is 0 Å². The normalized spacial score (nSPS) is 9.90. The van der Waals surface area contributed by atoms with Crippen LogP contribution in [-0.4, -0.2) is 55.7 Å². The summed E-state index contributed by atoms with van der Waals surface area (Å²) in [5.41, 5.74) is 0. The molecule has 48 valence electrons. The van der Waals surface area contributed by atoms with E-state index in [9.17, 15) is 5.11 Å². The Balaban J connectivity index is 3.28. The first-order chi connectivity index (χ1) is 4.61. The fraction of sp³-hybridized carbons (Fsp3) is 0. The van der Waals surface area contributed by atoms with Crippen molar-refractivity contribution < 1.29 is 5.11 Å². The summed E-state index contributed by atoms with van der Waals surface area (Å²) in [6.07, 6.45) is 0. The molecule has 1 nitrogen and oxygen atoms in total. The van der Waals surface area contributed by atoms with Gasteiger partial charge in [-0.1, -0.05) is 0 Å². The Bertz CT molecular complexity index is 209. The molecule has 1 rings (SSSR count). The van der Waals surface area contributed by atoms with Crippen molar-refractivity contribution >= 4 is 63.6 Å². The molecule has 0 fully saturated rings. The topological polar surface area (TPSA) is 20.2 Å². The summed E-state index contributed by atoms with van der Waals surface area (Å²) < 4.78 is 3.03. The van der Waals surface area contributed by atoms with Crippen LogP contribution in [0.4, 0.5) is 0 Å². The molecule has 0 bridgehead atoms. The maximum absolute atomic E-state index is 9.19. The molecule has 1 N–H and O–H groups in total. The van der Waals surface area contributed by atoms with Gasteiger partial charge in [0.1, 0.15) is 0 Å². The predicted molar refractivity (Wildman–Crippen MR) is 44.3 cm³/mol. The van der Waals surface area contributed by atoms with E-state index in [1.807, 2.05) is 6.07 Å². The van der Waals surface area contributed by atoms with Crippen molar-refractivity contribution in [2.75, 3.05) is 0 Å². The Labute approximate surface area is 86.1 Å². The fourth-order valence-corrected chi connectivity index (χ4v) is 2.24. The van der Waals surface area contributed by atoms with Crippen LogP contribution in [0.1, 0.15) is 0 Å². The first-order valence-corrected chi connectivity index (χ1v) is 5.36. The fourth-order valence-electron chi connectivity index (χ4n) is 0.555. The predicted octanol–water partition coefficient (Wildman–Crippen LogP) is -2.23. The number of benzene rings is 1. The Morgan fingerprint density at radius 3 is 1.90 bits per heavy atom. The van der Waals surface area contributed by atoms with Gasteiger partial charge in [0.2, 0.25) is 0 Å². The summed E-state index contributed by atoms with van der Waals surface area (Å²) in [6, 6.07) is 3.66.